The summed E-state index contributed by atoms with van der Waals surface area (Å²) in [5.41, 5.74) is 4.97. The molecule has 0 radical (unpaired) electrons. The van der Waals surface area contributed by atoms with Gasteiger partial charge in [0.05, 0.1) is 6.54 Å². The highest BCUT2D eigenvalue weighted by atomic mass is 35.5. The van der Waals surface area contributed by atoms with Gasteiger partial charge in [-0.15, -0.1) is 19.0 Å². The van der Waals surface area contributed by atoms with Crippen LogP contribution in [0.15, 0.2) is 12.7 Å². The van der Waals surface area contributed by atoms with E-state index in [4.69, 9.17) is 5.73 Å². The number of nitrogens with two attached hydrogens (primary N) is 1. The average Bonchev–Trinajstić information content (AvgIpc) is 1.83. The Kier molecular flexibility index (Phi) is 9.35. The van der Waals surface area contributed by atoms with Gasteiger partial charge in [-0.2, -0.15) is 0 Å². The molecular formula is C5H11ClN2O. The third kappa shape index (κ3) is 7.46. The number of carbonyl (C=O) groups excluding carboxylic acids is 1. The average molecular weight is 151 g/mol. The van der Waals surface area contributed by atoms with Crippen molar-refractivity contribution in [1.29, 1.82) is 0 Å². The van der Waals surface area contributed by atoms with Gasteiger partial charge in [-0.25, -0.2) is 0 Å². The maximum atomic E-state index is 10.3. The van der Waals surface area contributed by atoms with Crippen molar-refractivity contribution in [2.24, 2.45) is 5.73 Å². The number of nitrogens with one attached hydrogen (secondary N) is 1. The molecule has 0 aliphatic rings. The van der Waals surface area contributed by atoms with Crippen LogP contribution in [0.1, 0.15) is 0 Å². The van der Waals surface area contributed by atoms with Crippen molar-refractivity contribution in [2.45, 2.75) is 0 Å². The third-order valence-corrected chi connectivity index (χ3v) is 0.629. The van der Waals surface area contributed by atoms with Crippen LogP contribution in [-0.4, -0.2) is 19.0 Å². The Morgan fingerprint density at radius 2 is 2.33 bits per heavy atom. The van der Waals surface area contributed by atoms with Crippen LogP contribution < -0.4 is 11.1 Å². The number of hydrogen-bond donors (Lipinski definition) is 2. The van der Waals surface area contributed by atoms with Crippen molar-refractivity contribution < 1.29 is 4.79 Å². The van der Waals surface area contributed by atoms with Gasteiger partial charge in [0.1, 0.15) is 0 Å². The minimum absolute atomic E-state index is 0. The maximum absolute atomic E-state index is 10.3. The number of amides is 1. The van der Waals surface area contributed by atoms with Gasteiger partial charge >= 0.3 is 0 Å². The van der Waals surface area contributed by atoms with Gasteiger partial charge in [0.2, 0.25) is 5.91 Å². The van der Waals surface area contributed by atoms with Crippen LogP contribution in [-0.2, 0) is 4.79 Å². The summed E-state index contributed by atoms with van der Waals surface area (Å²) >= 11 is 0. The summed E-state index contributed by atoms with van der Waals surface area (Å²) in [7, 11) is 0. The van der Waals surface area contributed by atoms with Gasteiger partial charge in [-0.1, -0.05) is 6.08 Å². The van der Waals surface area contributed by atoms with Crippen LogP contribution in [0.5, 0.6) is 0 Å². The molecule has 0 aromatic rings. The van der Waals surface area contributed by atoms with Crippen LogP contribution in [0.25, 0.3) is 0 Å². The van der Waals surface area contributed by atoms with Crippen LogP contribution in [0.3, 0.4) is 0 Å². The molecule has 3 nitrogen and oxygen atoms in total. The number of carbonyl (C=O) groups is 1. The van der Waals surface area contributed by atoms with Crippen molar-refractivity contribution in [1.82, 2.24) is 5.32 Å². The van der Waals surface area contributed by atoms with E-state index < -0.39 is 0 Å². The van der Waals surface area contributed by atoms with Crippen molar-refractivity contribution in [2.75, 3.05) is 13.1 Å². The Balaban J connectivity index is 0. The first-order valence-electron chi connectivity index (χ1n) is 2.39. The van der Waals surface area contributed by atoms with Gasteiger partial charge in [0.25, 0.3) is 0 Å². The molecule has 54 valence electrons. The smallest absolute Gasteiger partial charge is 0.233 e. The Morgan fingerprint density at radius 1 is 1.78 bits per heavy atom. The summed E-state index contributed by atoms with van der Waals surface area (Å²) in [5.74, 6) is -0.148. The quantitative estimate of drug-likeness (QED) is 0.542. The molecule has 0 saturated carbocycles. The van der Waals surface area contributed by atoms with Crippen molar-refractivity contribution in [3.05, 3.63) is 12.7 Å². The molecule has 0 spiro atoms. The predicted octanol–water partition coefficient (Wildman–Crippen LogP) is -0.331. The SMILES string of the molecule is C=CCNC(=O)CN.Cl. The second-order valence-corrected chi connectivity index (χ2v) is 1.30. The third-order valence-electron chi connectivity index (χ3n) is 0.629. The first-order valence-corrected chi connectivity index (χ1v) is 2.39. The summed E-state index contributed by atoms with van der Waals surface area (Å²) in [6.07, 6.45) is 1.60. The molecular weight excluding hydrogens is 140 g/mol. The van der Waals surface area contributed by atoms with Gasteiger partial charge in [-0.05, 0) is 0 Å². The fraction of sp³-hybridized carbons (Fsp3) is 0.400. The zero-order valence-electron chi connectivity index (χ0n) is 5.09. The van der Waals surface area contributed by atoms with E-state index in [0.717, 1.165) is 0 Å². The zero-order valence-corrected chi connectivity index (χ0v) is 5.91. The lowest BCUT2D eigenvalue weighted by Gasteiger charge is -1.94. The molecule has 0 aromatic heterocycles. The molecule has 0 saturated heterocycles. The Morgan fingerprint density at radius 3 is 2.67 bits per heavy atom. The number of hydrogen-bond acceptors (Lipinski definition) is 2. The molecule has 0 aromatic carbocycles. The molecule has 0 rings (SSSR count). The summed E-state index contributed by atoms with van der Waals surface area (Å²) in [5, 5.41) is 2.50. The largest absolute Gasteiger partial charge is 0.352 e. The molecule has 0 heterocycles. The molecule has 0 unspecified atom stereocenters. The summed E-state index contributed by atoms with van der Waals surface area (Å²) in [6, 6.07) is 0. The first kappa shape index (κ1) is 11.3. The fourth-order valence-electron chi connectivity index (χ4n) is 0.258. The van der Waals surface area contributed by atoms with Crippen LogP contribution in [0, 0.1) is 0 Å². The molecule has 0 atom stereocenters. The van der Waals surface area contributed by atoms with Crippen molar-refractivity contribution in [3.63, 3.8) is 0 Å². The molecule has 0 aliphatic carbocycles. The highest BCUT2D eigenvalue weighted by Crippen LogP contribution is 1.59. The molecule has 4 heteroatoms. The van der Waals surface area contributed by atoms with Crippen LogP contribution in [0.2, 0.25) is 0 Å². The summed E-state index contributed by atoms with van der Waals surface area (Å²) in [6.45, 7) is 3.96. The van der Waals surface area contributed by atoms with E-state index in [1.165, 1.54) is 0 Å². The predicted molar refractivity (Wildman–Crippen MR) is 39.5 cm³/mol. The van der Waals surface area contributed by atoms with E-state index in [1.54, 1.807) is 6.08 Å². The summed E-state index contributed by atoms with van der Waals surface area (Å²) in [4.78, 5) is 10.3. The molecule has 0 fully saturated rings. The number of halogens is 1. The molecule has 9 heavy (non-hydrogen) atoms. The van der Waals surface area contributed by atoms with E-state index in [2.05, 4.69) is 11.9 Å². The van der Waals surface area contributed by atoms with Gasteiger partial charge in [0, 0.05) is 6.54 Å². The Bertz CT molecular complexity index is 95.0. The normalized spacial score (nSPS) is 7.22. The number of rotatable bonds is 3. The molecule has 0 bridgehead atoms. The van der Waals surface area contributed by atoms with Crippen LogP contribution >= 0.6 is 12.4 Å². The highest BCUT2D eigenvalue weighted by Gasteiger charge is 1.89. The lowest BCUT2D eigenvalue weighted by Crippen LogP contribution is -2.30. The monoisotopic (exact) mass is 150 g/mol. The maximum Gasteiger partial charge on any atom is 0.233 e. The lowest BCUT2D eigenvalue weighted by molar-refractivity contribution is -0.119. The van der Waals surface area contributed by atoms with Gasteiger partial charge < -0.3 is 11.1 Å². The zero-order chi connectivity index (χ0) is 6.41. The molecule has 0 aliphatic heterocycles. The van der Waals surface area contributed by atoms with E-state index in [1.807, 2.05) is 0 Å². The van der Waals surface area contributed by atoms with Crippen molar-refractivity contribution >= 4 is 18.3 Å². The fourth-order valence-corrected chi connectivity index (χ4v) is 0.258. The Labute approximate surface area is 60.7 Å². The lowest BCUT2D eigenvalue weighted by atomic mass is 10.5. The highest BCUT2D eigenvalue weighted by molar-refractivity contribution is 5.85. The van der Waals surface area contributed by atoms with E-state index in [-0.39, 0.29) is 24.9 Å². The van der Waals surface area contributed by atoms with Crippen molar-refractivity contribution in [3.8, 4) is 0 Å². The standard InChI is InChI=1S/C5H10N2O.ClH/c1-2-3-7-5(8)4-6;/h2H,1,3-4,6H2,(H,7,8);1H. The Hall–Kier alpha value is -0.540. The van der Waals surface area contributed by atoms with E-state index >= 15 is 0 Å². The first-order chi connectivity index (χ1) is 3.81. The van der Waals surface area contributed by atoms with E-state index in [0.29, 0.717) is 6.54 Å². The minimum atomic E-state index is -0.148. The second-order valence-electron chi connectivity index (χ2n) is 1.30. The van der Waals surface area contributed by atoms with Gasteiger partial charge in [-0.3, -0.25) is 4.79 Å². The minimum Gasteiger partial charge on any atom is -0.352 e. The summed E-state index contributed by atoms with van der Waals surface area (Å²) < 4.78 is 0. The topological polar surface area (TPSA) is 55.1 Å². The van der Waals surface area contributed by atoms with Crippen LogP contribution in [0.4, 0.5) is 0 Å². The molecule has 1 amide bonds. The van der Waals surface area contributed by atoms with E-state index in [9.17, 15) is 4.79 Å². The molecule has 3 N–H and O–H groups in total. The van der Waals surface area contributed by atoms with Gasteiger partial charge in [0.15, 0.2) is 0 Å². The second kappa shape index (κ2) is 7.46.